The van der Waals surface area contributed by atoms with E-state index in [1.807, 2.05) is 0 Å². The van der Waals surface area contributed by atoms with Gasteiger partial charge in [-0.2, -0.15) is 18.4 Å². The first-order valence-corrected chi connectivity index (χ1v) is 7.21. The molecule has 0 aromatic heterocycles. The third kappa shape index (κ3) is 3.49. The molecule has 3 atom stereocenters. The van der Waals surface area contributed by atoms with Crippen LogP contribution in [0.2, 0.25) is 0 Å². The highest BCUT2D eigenvalue weighted by atomic mass is 19.4. The Hall–Kier alpha value is -1.70. The van der Waals surface area contributed by atoms with E-state index in [1.165, 1.54) is 18.6 Å². The van der Waals surface area contributed by atoms with Crippen LogP contribution >= 0.6 is 0 Å². The molecular weight excluding hydrogens is 277 g/mol. The van der Waals surface area contributed by atoms with Crippen LogP contribution in [0.15, 0.2) is 18.2 Å². The van der Waals surface area contributed by atoms with Gasteiger partial charge >= 0.3 is 6.18 Å². The lowest BCUT2D eigenvalue weighted by Crippen LogP contribution is -2.35. The highest BCUT2D eigenvalue weighted by Gasteiger charge is 2.34. The maximum Gasteiger partial charge on any atom is 0.417 e. The van der Waals surface area contributed by atoms with Crippen LogP contribution < -0.4 is 5.32 Å². The lowest BCUT2D eigenvalue weighted by molar-refractivity contribution is -0.137. The second-order valence-electron chi connectivity index (χ2n) is 5.89. The largest absolute Gasteiger partial charge is 0.417 e. The van der Waals surface area contributed by atoms with E-state index >= 15 is 0 Å². The van der Waals surface area contributed by atoms with Crippen LogP contribution in [0.4, 0.5) is 18.9 Å². The van der Waals surface area contributed by atoms with Crippen LogP contribution in [-0.4, -0.2) is 6.04 Å². The third-order valence-corrected chi connectivity index (χ3v) is 4.50. The van der Waals surface area contributed by atoms with Crippen molar-refractivity contribution < 1.29 is 13.2 Å². The lowest BCUT2D eigenvalue weighted by atomic mass is 9.78. The smallest absolute Gasteiger partial charge is 0.382 e. The summed E-state index contributed by atoms with van der Waals surface area (Å²) in [4.78, 5) is 0. The first kappa shape index (κ1) is 15.7. The van der Waals surface area contributed by atoms with Gasteiger partial charge in [-0.15, -0.1) is 0 Å². The van der Waals surface area contributed by atoms with Crippen molar-refractivity contribution in [3.63, 3.8) is 0 Å². The molecule has 1 aliphatic carbocycles. The van der Waals surface area contributed by atoms with E-state index < -0.39 is 11.7 Å². The fourth-order valence-electron chi connectivity index (χ4n) is 2.97. The summed E-state index contributed by atoms with van der Waals surface area (Å²) in [5, 5.41) is 12.2. The van der Waals surface area contributed by atoms with Crippen LogP contribution in [0, 0.1) is 23.2 Å². The van der Waals surface area contributed by atoms with Gasteiger partial charge in [-0.1, -0.05) is 26.7 Å². The summed E-state index contributed by atoms with van der Waals surface area (Å²) < 4.78 is 38.3. The number of nitrogens with one attached hydrogen (secondary N) is 1. The molecule has 114 valence electrons. The van der Waals surface area contributed by atoms with Crippen LogP contribution in [0.5, 0.6) is 0 Å². The minimum Gasteiger partial charge on any atom is -0.382 e. The predicted octanol–water partition coefficient (Wildman–Crippen LogP) is 4.81. The van der Waals surface area contributed by atoms with Crippen LogP contribution in [-0.2, 0) is 6.18 Å². The Balaban J connectivity index is 2.20. The molecule has 0 spiro atoms. The van der Waals surface area contributed by atoms with E-state index in [2.05, 4.69) is 19.2 Å². The predicted molar refractivity (Wildman–Crippen MR) is 75.7 cm³/mol. The molecule has 1 fully saturated rings. The van der Waals surface area contributed by atoms with Gasteiger partial charge in [0.15, 0.2) is 0 Å². The molecule has 1 aromatic carbocycles. The molecule has 1 N–H and O–H groups in total. The zero-order valence-corrected chi connectivity index (χ0v) is 12.2. The first-order valence-electron chi connectivity index (χ1n) is 7.21. The number of benzene rings is 1. The molecule has 1 aromatic rings. The number of anilines is 1. The third-order valence-electron chi connectivity index (χ3n) is 4.50. The van der Waals surface area contributed by atoms with Gasteiger partial charge in [-0.25, -0.2) is 0 Å². The Morgan fingerprint density at radius 3 is 2.57 bits per heavy atom. The van der Waals surface area contributed by atoms with E-state index in [4.69, 9.17) is 5.26 Å². The Labute approximate surface area is 123 Å². The molecule has 0 aliphatic heterocycles. The van der Waals surface area contributed by atoms with Crippen molar-refractivity contribution in [3.05, 3.63) is 29.3 Å². The van der Waals surface area contributed by atoms with E-state index in [0.717, 1.165) is 18.9 Å². The zero-order valence-electron chi connectivity index (χ0n) is 12.2. The maximum atomic E-state index is 12.8. The quantitative estimate of drug-likeness (QED) is 0.849. The Morgan fingerprint density at radius 2 is 1.95 bits per heavy atom. The van der Waals surface area contributed by atoms with Crippen molar-refractivity contribution in [3.8, 4) is 6.07 Å². The molecule has 0 heterocycles. The number of nitriles is 1. The molecule has 0 saturated heterocycles. The molecule has 0 bridgehead atoms. The molecule has 5 heteroatoms. The van der Waals surface area contributed by atoms with Crippen LogP contribution in [0.25, 0.3) is 0 Å². The SMILES string of the molecule is CC1CCCC(Nc2ccc(C(F)(F)F)c(C#N)c2)C1C. The van der Waals surface area contributed by atoms with Gasteiger partial charge in [0.25, 0.3) is 0 Å². The normalized spacial score (nSPS) is 26.2. The summed E-state index contributed by atoms with van der Waals surface area (Å²) in [7, 11) is 0. The molecule has 0 radical (unpaired) electrons. The average molecular weight is 296 g/mol. The van der Waals surface area contributed by atoms with Crippen LogP contribution in [0.1, 0.15) is 44.2 Å². The van der Waals surface area contributed by atoms with E-state index in [-0.39, 0.29) is 11.6 Å². The molecule has 0 amide bonds. The molecular formula is C16H19F3N2. The van der Waals surface area contributed by atoms with Crippen molar-refractivity contribution in [1.82, 2.24) is 0 Å². The van der Waals surface area contributed by atoms with Crippen molar-refractivity contribution in [1.29, 1.82) is 5.26 Å². The number of rotatable bonds is 2. The number of nitrogens with zero attached hydrogens (tertiary/aromatic N) is 1. The van der Waals surface area contributed by atoms with E-state index in [1.54, 1.807) is 6.07 Å². The molecule has 21 heavy (non-hydrogen) atoms. The van der Waals surface area contributed by atoms with Gasteiger partial charge in [-0.05, 0) is 36.5 Å². The zero-order chi connectivity index (χ0) is 15.6. The summed E-state index contributed by atoms with van der Waals surface area (Å²) in [5.74, 6) is 1.06. The molecule has 3 unspecified atom stereocenters. The second kappa shape index (κ2) is 5.97. The van der Waals surface area contributed by atoms with Crippen molar-refractivity contribution in [2.24, 2.45) is 11.8 Å². The summed E-state index contributed by atoms with van der Waals surface area (Å²) in [5.41, 5.74) is -0.616. The van der Waals surface area contributed by atoms with E-state index in [0.29, 0.717) is 17.5 Å². The topological polar surface area (TPSA) is 35.8 Å². The van der Waals surface area contributed by atoms with Gasteiger partial charge in [0.2, 0.25) is 0 Å². The summed E-state index contributed by atoms with van der Waals surface area (Å²) >= 11 is 0. The molecule has 1 aliphatic rings. The van der Waals surface area contributed by atoms with E-state index in [9.17, 15) is 13.2 Å². The van der Waals surface area contributed by atoms with Gasteiger partial charge < -0.3 is 5.32 Å². The first-order chi connectivity index (χ1) is 9.82. The molecule has 2 nitrogen and oxygen atoms in total. The molecule has 2 rings (SSSR count). The van der Waals surface area contributed by atoms with Crippen LogP contribution in [0.3, 0.4) is 0 Å². The lowest BCUT2D eigenvalue weighted by Gasteiger charge is -2.35. The number of alkyl halides is 3. The highest BCUT2D eigenvalue weighted by molar-refractivity contribution is 5.54. The average Bonchev–Trinajstić information content (AvgIpc) is 2.42. The number of hydrogen-bond acceptors (Lipinski definition) is 2. The summed E-state index contributed by atoms with van der Waals surface area (Å²) in [6.07, 6.45) is -1.17. The van der Waals surface area contributed by atoms with Crippen molar-refractivity contribution in [2.45, 2.75) is 45.3 Å². The Kier molecular flexibility index (Phi) is 4.46. The fraction of sp³-hybridized carbons (Fsp3) is 0.562. The number of halogens is 3. The summed E-state index contributed by atoms with van der Waals surface area (Å²) in [6, 6.07) is 5.58. The maximum absolute atomic E-state index is 12.8. The van der Waals surface area contributed by atoms with Gasteiger partial charge in [-0.3, -0.25) is 0 Å². The minimum atomic E-state index is -4.49. The van der Waals surface area contributed by atoms with Crippen molar-refractivity contribution >= 4 is 5.69 Å². The fourth-order valence-corrected chi connectivity index (χ4v) is 2.97. The monoisotopic (exact) mass is 296 g/mol. The molecule has 1 saturated carbocycles. The van der Waals surface area contributed by atoms with Gasteiger partial charge in [0, 0.05) is 11.7 Å². The second-order valence-corrected chi connectivity index (χ2v) is 5.89. The minimum absolute atomic E-state index is 0.247. The number of hydrogen-bond donors (Lipinski definition) is 1. The van der Waals surface area contributed by atoms with Gasteiger partial charge in [0.05, 0.1) is 17.2 Å². The van der Waals surface area contributed by atoms with Crippen molar-refractivity contribution in [2.75, 3.05) is 5.32 Å². The standard InChI is InChI=1S/C16H19F3N2/c1-10-4-3-5-15(11(10)2)21-13-6-7-14(16(17,18)19)12(8-13)9-20/h6-8,10-11,15,21H,3-5H2,1-2H3. The highest BCUT2D eigenvalue weighted by Crippen LogP contribution is 2.35. The Morgan fingerprint density at radius 1 is 1.24 bits per heavy atom. The Bertz CT molecular complexity index is 545. The summed E-state index contributed by atoms with van der Waals surface area (Å²) in [6.45, 7) is 4.36. The van der Waals surface area contributed by atoms with Gasteiger partial charge in [0.1, 0.15) is 0 Å².